The third-order valence-electron chi connectivity index (χ3n) is 7.49. The summed E-state index contributed by atoms with van der Waals surface area (Å²) in [6, 6.07) is 12.7. The van der Waals surface area contributed by atoms with Gasteiger partial charge in [0.1, 0.15) is 18.5 Å². The summed E-state index contributed by atoms with van der Waals surface area (Å²) in [4.78, 5) is 4.50. The fourth-order valence-electron chi connectivity index (χ4n) is 5.25. The molecule has 0 bridgehead atoms. The Kier molecular flexibility index (Phi) is 7.91. The topological polar surface area (TPSA) is 60.8 Å². The Bertz CT molecular complexity index is 1330. The fourth-order valence-corrected chi connectivity index (χ4v) is 5.25. The molecule has 2 heterocycles. The van der Waals surface area contributed by atoms with E-state index >= 15 is 0 Å². The van der Waals surface area contributed by atoms with Gasteiger partial charge < -0.3 is 19.3 Å². The highest BCUT2D eigenvalue weighted by atomic mass is 19.4. The standard InChI is InChI=1S/C29H30F5NO4/c1-15-23(19-11-12-20(30)25(31)26(19)37-5)27(39-28(15,4)29(32,33)34)21-13-22(24(17(3)36)16(2)35-21)38-14-18-9-7-6-8-10-18/h6-13,15,17,23,27,36H,14H2,1-5H3/t15-,17?,23-,27-,28+/m0/s1. The minimum Gasteiger partial charge on any atom is -0.493 e. The number of aromatic nitrogens is 1. The lowest BCUT2D eigenvalue weighted by molar-refractivity contribution is -0.275. The Morgan fingerprint density at radius 3 is 2.38 bits per heavy atom. The maximum absolute atomic E-state index is 14.7. The van der Waals surface area contributed by atoms with Crippen molar-refractivity contribution in [2.24, 2.45) is 5.92 Å². The van der Waals surface area contributed by atoms with Crippen LogP contribution in [0.3, 0.4) is 0 Å². The third-order valence-corrected chi connectivity index (χ3v) is 7.49. The largest absolute Gasteiger partial charge is 0.493 e. The minimum atomic E-state index is -4.79. The molecule has 0 radical (unpaired) electrons. The minimum absolute atomic E-state index is 0.0210. The van der Waals surface area contributed by atoms with Gasteiger partial charge in [-0.1, -0.05) is 43.3 Å². The molecule has 2 aromatic carbocycles. The summed E-state index contributed by atoms with van der Waals surface area (Å²) >= 11 is 0. The van der Waals surface area contributed by atoms with Gasteiger partial charge in [0.15, 0.2) is 17.2 Å². The van der Waals surface area contributed by atoms with Gasteiger partial charge in [0.05, 0.1) is 18.9 Å². The number of methoxy groups -OCH3 is 1. The van der Waals surface area contributed by atoms with Crippen LogP contribution in [0.5, 0.6) is 11.5 Å². The molecule has 1 aliphatic heterocycles. The number of benzene rings is 2. The Morgan fingerprint density at radius 1 is 1.13 bits per heavy atom. The van der Waals surface area contributed by atoms with Gasteiger partial charge in [0, 0.05) is 34.7 Å². The van der Waals surface area contributed by atoms with Crippen molar-refractivity contribution in [1.82, 2.24) is 4.98 Å². The smallest absolute Gasteiger partial charge is 0.417 e. The average molecular weight is 552 g/mol. The lowest BCUT2D eigenvalue weighted by Crippen LogP contribution is -2.46. The van der Waals surface area contributed by atoms with Gasteiger partial charge in [-0.25, -0.2) is 4.39 Å². The van der Waals surface area contributed by atoms with Crippen LogP contribution in [0, 0.1) is 24.5 Å². The van der Waals surface area contributed by atoms with E-state index in [0.717, 1.165) is 25.7 Å². The first-order chi connectivity index (χ1) is 18.3. The predicted octanol–water partition coefficient (Wildman–Crippen LogP) is 7.12. The molecular formula is C29H30F5NO4. The summed E-state index contributed by atoms with van der Waals surface area (Å²) in [7, 11) is 1.12. The number of pyridine rings is 1. The number of hydrogen-bond acceptors (Lipinski definition) is 5. The second-order valence-electron chi connectivity index (χ2n) is 9.94. The van der Waals surface area contributed by atoms with Crippen molar-refractivity contribution in [3.63, 3.8) is 0 Å². The fraction of sp³-hybridized carbons (Fsp3) is 0.414. The first-order valence-corrected chi connectivity index (χ1v) is 12.4. The van der Waals surface area contributed by atoms with Crippen LogP contribution < -0.4 is 9.47 Å². The van der Waals surface area contributed by atoms with E-state index in [0.29, 0.717) is 11.3 Å². The Morgan fingerprint density at radius 2 is 1.79 bits per heavy atom. The van der Waals surface area contributed by atoms with E-state index < -0.39 is 53.2 Å². The van der Waals surface area contributed by atoms with Gasteiger partial charge in [0.25, 0.3) is 0 Å². The number of aliphatic hydroxyl groups excluding tert-OH is 1. The molecule has 1 aromatic heterocycles. The molecule has 3 aromatic rings. The molecule has 5 atom stereocenters. The first kappa shape index (κ1) is 28.8. The summed E-state index contributed by atoms with van der Waals surface area (Å²) < 4.78 is 88.7. The molecule has 210 valence electrons. The summed E-state index contributed by atoms with van der Waals surface area (Å²) in [5, 5.41) is 10.4. The molecular weight excluding hydrogens is 521 g/mol. The van der Waals surface area contributed by atoms with E-state index in [1.165, 1.54) is 26.0 Å². The molecule has 1 unspecified atom stereocenters. The molecule has 39 heavy (non-hydrogen) atoms. The van der Waals surface area contributed by atoms with Crippen molar-refractivity contribution in [1.29, 1.82) is 0 Å². The van der Waals surface area contributed by atoms with Crippen LogP contribution in [0.1, 0.15) is 67.0 Å². The van der Waals surface area contributed by atoms with Crippen LogP contribution in [0.15, 0.2) is 48.5 Å². The summed E-state index contributed by atoms with van der Waals surface area (Å²) in [6.07, 6.45) is -7.10. The lowest BCUT2D eigenvalue weighted by atomic mass is 9.76. The van der Waals surface area contributed by atoms with Gasteiger partial charge in [-0.05, 0) is 32.4 Å². The molecule has 0 saturated carbocycles. The maximum atomic E-state index is 14.7. The van der Waals surface area contributed by atoms with Crippen LogP contribution in [0.25, 0.3) is 0 Å². The molecule has 1 saturated heterocycles. The van der Waals surface area contributed by atoms with E-state index in [1.807, 2.05) is 30.3 Å². The zero-order valence-corrected chi connectivity index (χ0v) is 22.1. The van der Waals surface area contributed by atoms with E-state index in [9.17, 15) is 27.1 Å². The van der Waals surface area contributed by atoms with Crippen molar-refractivity contribution >= 4 is 0 Å². The van der Waals surface area contributed by atoms with E-state index in [1.54, 1.807) is 6.92 Å². The highest BCUT2D eigenvalue weighted by Gasteiger charge is 2.65. The highest BCUT2D eigenvalue weighted by molar-refractivity contribution is 5.45. The average Bonchev–Trinajstić information content (AvgIpc) is 3.16. The normalized spacial score (nSPS) is 24.0. The maximum Gasteiger partial charge on any atom is 0.417 e. The SMILES string of the molecule is COc1c([C@H]2[C@H](c3cc(OCc4ccccc4)c(C(C)O)c(C)n3)O[C@@](C)(C(F)(F)F)[C@H]2C)ccc(F)c1F. The van der Waals surface area contributed by atoms with Crippen molar-refractivity contribution < 1.29 is 41.3 Å². The molecule has 10 heteroatoms. The van der Waals surface area contributed by atoms with E-state index in [4.69, 9.17) is 14.2 Å². The molecule has 1 aliphatic rings. The van der Waals surface area contributed by atoms with Crippen LogP contribution >= 0.6 is 0 Å². The van der Waals surface area contributed by atoms with Crippen LogP contribution in [-0.2, 0) is 11.3 Å². The van der Waals surface area contributed by atoms with E-state index in [-0.39, 0.29) is 23.6 Å². The quantitative estimate of drug-likeness (QED) is 0.317. The van der Waals surface area contributed by atoms with Gasteiger partial charge in [-0.15, -0.1) is 0 Å². The molecule has 0 amide bonds. The number of alkyl halides is 3. The van der Waals surface area contributed by atoms with Crippen molar-refractivity contribution in [2.75, 3.05) is 7.11 Å². The molecule has 4 rings (SSSR count). The van der Waals surface area contributed by atoms with Crippen LogP contribution in [0.2, 0.25) is 0 Å². The highest BCUT2D eigenvalue weighted by Crippen LogP contribution is 2.59. The zero-order valence-electron chi connectivity index (χ0n) is 22.1. The number of ether oxygens (including phenoxy) is 3. The van der Waals surface area contributed by atoms with Gasteiger partial charge in [-0.3, -0.25) is 4.98 Å². The van der Waals surface area contributed by atoms with Crippen molar-refractivity contribution in [3.8, 4) is 11.5 Å². The number of halogens is 5. The molecule has 0 aliphatic carbocycles. The second kappa shape index (κ2) is 10.7. The predicted molar refractivity (Wildman–Crippen MR) is 133 cm³/mol. The monoisotopic (exact) mass is 551 g/mol. The van der Waals surface area contributed by atoms with Crippen LogP contribution in [-0.4, -0.2) is 29.0 Å². The molecule has 0 spiro atoms. The zero-order chi connectivity index (χ0) is 28.7. The lowest BCUT2D eigenvalue weighted by Gasteiger charge is -2.32. The number of nitrogens with zero attached hydrogens (tertiary/aromatic N) is 1. The van der Waals surface area contributed by atoms with Crippen LogP contribution in [0.4, 0.5) is 22.0 Å². The third kappa shape index (κ3) is 5.19. The number of aliphatic hydroxyl groups is 1. The van der Waals surface area contributed by atoms with Crippen molar-refractivity contribution in [2.45, 2.75) is 64.2 Å². The Hall–Kier alpha value is -3.24. The summed E-state index contributed by atoms with van der Waals surface area (Å²) in [5.41, 5.74) is -0.976. The summed E-state index contributed by atoms with van der Waals surface area (Å²) in [5.74, 6) is -5.12. The number of aryl methyl sites for hydroxylation is 1. The Balaban J connectivity index is 1.87. The summed E-state index contributed by atoms with van der Waals surface area (Å²) in [6.45, 7) is 5.55. The van der Waals surface area contributed by atoms with E-state index in [2.05, 4.69) is 4.98 Å². The van der Waals surface area contributed by atoms with Gasteiger partial charge in [0.2, 0.25) is 5.82 Å². The number of hydrogen-bond donors (Lipinski definition) is 1. The molecule has 5 nitrogen and oxygen atoms in total. The molecule has 1 N–H and O–H groups in total. The Labute approximate surface area is 223 Å². The molecule has 1 fully saturated rings. The number of rotatable bonds is 7. The van der Waals surface area contributed by atoms with Gasteiger partial charge >= 0.3 is 6.18 Å². The van der Waals surface area contributed by atoms with Gasteiger partial charge in [-0.2, -0.15) is 17.6 Å². The van der Waals surface area contributed by atoms with Crippen molar-refractivity contribution in [3.05, 3.63) is 88.2 Å². The second-order valence-corrected chi connectivity index (χ2v) is 9.94. The first-order valence-electron chi connectivity index (χ1n) is 12.4.